The van der Waals surface area contributed by atoms with Gasteiger partial charge in [-0.3, -0.25) is 10.1 Å². The van der Waals surface area contributed by atoms with Gasteiger partial charge in [-0.1, -0.05) is 23.2 Å². The third-order valence-electron chi connectivity index (χ3n) is 3.61. The van der Waals surface area contributed by atoms with Crippen molar-refractivity contribution in [1.82, 2.24) is 0 Å². The molecule has 3 rings (SSSR count). The molecule has 0 aromatic heterocycles. The van der Waals surface area contributed by atoms with Crippen LogP contribution in [-0.2, 0) is 6.42 Å². The number of non-ortho nitro benzene ring substituents is 1. The number of nitro groups is 1. The van der Waals surface area contributed by atoms with E-state index in [1.165, 1.54) is 12.1 Å². The molecule has 6 heteroatoms. The fourth-order valence-electron chi connectivity index (χ4n) is 2.72. The summed E-state index contributed by atoms with van der Waals surface area (Å²) in [6, 6.07) is 10.2. The van der Waals surface area contributed by atoms with Crippen LogP contribution in [0.3, 0.4) is 0 Å². The highest BCUT2D eigenvalue weighted by molar-refractivity contribution is 6.35. The Morgan fingerprint density at radius 3 is 2.67 bits per heavy atom. The lowest BCUT2D eigenvalue weighted by molar-refractivity contribution is -0.384. The third kappa shape index (κ3) is 2.25. The predicted octanol–water partition coefficient (Wildman–Crippen LogP) is 4.73. The Kier molecular flexibility index (Phi) is 3.32. The van der Waals surface area contributed by atoms with Gasteiger partial charge in [0.15, 0.2) is 0 Å². The Balaban J connectivity index is 2.29. The summed E-state index contributed by atoms with van der Waals surface area (Å²) in [5.74, 6) is -0.431. The van der Waals surface area contributed by atoms with Gasteiger partial charge in [0.25, 0.3) is 5.69 Å². The highest BCUT2D eigenvalue weighted by Crippen LogP contribution is 2.45. The van der Waals surface area contributed by atoms with E-state index in [2.05, 4.69) is 6.07 Å². The van der Waals surface area contributed by atoms with Crippen LogP contribution in [0.1, 0.15) is 17.0 Å². The van der Waals surface area contributed by atoms with Gasteiger partial charge >= 0.3 is 0 Å². The number of hydrogen-bond acceptors (Lipinski definition) is 3. The van der Waals surface area contributed by atoms with Gasteiger partial charge in [-0.05, 0) is 46.9 Å². The number of nitro benzene ring substituents is 1. The number of fused-ring (bicyclic) bond motifs is 3. The van der Waals surface area contributed by atoms with Crippen LogP contribution in [0.4, 0.5) is 5.69 Å². The molecule has 0 amide bonds. The molecular weight excluding hydrogens is 311 g/mol. The van der Waals surface area contributed by atoms with Crippen molar-refractivity contribution in [3.63, 3.8) is 0 Å². The summed E-state index contributed by atoms with van der Waals surface area (Å²) in [5, 5.41) is 21.2. The van der Waals surface area contributed by atoms with Gasteiger partial charge in [0.2, 0.25) is 0 Å². The van der Waals surface area contributed by atoms with E-state index in [0.29, 0.717) is 16.5 Å². The minimum atomic E-state index is -0.442. The van der Waals surface area contributed by atoms with Crippen molar-refractivity contribution in [1.29, 1.82) is 5.26 Å². The Bertz CT molecular complexity index is 812. The molecule has 2 aromatic carbocycles. The highest BCUT2D eigenvalue weighted by Gasteiger charge is 2.28. The molecule has 0 bridgehead atoms. The summed E-state index contributed by atoms with van der Waals surface area (Å²) >= 11 is 12.3. The smallest absolute Gasteiger partial charge is 0.258 e. The molecule has 1 aliphatic carbocycles. The maximum atomic E-state index is 10.9. The molecule has 1 atom stereocenters. The molecule has 1 aliphatic rings. The van der Waals surface area contributed by atoms with E-state index in [1.54, 1.807) is 18.2 Å². The lowest BCUT2D eigenvalue weighted by Crippen LogP contribution is -2.11. The van der Waals surface area contributed by atoms with E-state index in [0.717, 1.165) is 22.3 Å². The van der Waals surface area contributed by atoms with Gasteiger partial charge in [-0.15, -0.1) is 0 Å². The number of halogens is 2. The lowest BCUT2D eigenvalue weighted by Gasteiger charge is -2.24. The van der Waals surface area contributed by atoms with Crippen molar-refractivity contribution in [2.45, 2.75) is 12.3 Å². The Morgan fingerprint density at radius 2 is 2.00 bits per heavy atom. The summed E-state index contributed by atoms with van der Waals surface area (Å²) in [4.78, 5) is 10.4. The number of nitriles is 1. The van der Waals surface area contributed by atoms with Crippen LogP contribution in [0, 0.1) is 21.4 Å². The van der Waals surface area contributed by atoms with Gasteiger partial charge < -0.3 is 0 Å². The van der Waals surface area contributed by atoms with Crippen molar-refractivity contribution in [3.8, 4) is 17.2 Å². The normalized spacial score (nSPS) is 15.8. The monoisotopic (exact) mass is 318 g/mol. The average Bonchev–Trinajstić information content (AvgIpc) is 2.45. The average molecular weight is 319 g/mol. The zero-order valence-electron chi connectivity index (χ0n) is 10.6. The van der Waals surface area contributed by atoms with Gasteiger partial charge in [0.1, 0.15) is 0 Å². The molecule has 0 saturated heterocycles. The number of nitrogens with zero attached hydrogens (tertiary/aromatic N) is 2. The summed E-state index contributed by atoms with van der Waals surface area (Å²) in [5.41, 5.74) is 3.13. The number of benzene rings is 2. The van der Waals surface area contributed by atoms with Gasteiger partial charge in [-0.25, -0.2) is 0 Å². The van der Waals surface area contributed by atoms with Crippen molar-refractivity contribution < 1.29 is 4.92 Å². The molecule has 0 spiro atoms. The second-order valence-electron chi connectivity index (χ2n) is 4.83. The maximum absolute atomic E-state index is 10.9. The van der Waals surface area contributed by atoms with Crippen LogP contribution in [0.15, 0.2) is 30.3 Å². The summed E-state index contributed by atoms with van der Waals surface area (Å²) in [6.45, 7) is 0. The molecule has 0 radical (unpaired) electrons. The Hall–Kier alpha value is -2.09. The summed E-state index contributed by atoms with van der Waals surface area (Å²) in [6.07, 6.45) is 0.405. The van der Waals surface area contributed by atoms with Crippen LogP contribution in [0.25, 0.3) is 11.1 Å². The van der Waals surface area contributed by atoms with Crippen molar-refractivity contribution in [2.75, 3.05) is 0 Å². The van der Waals surface area contributed by atoms with Crippen LogP contribution in [-0.4, -0.2) is 4.92 Å². The van der Waals surface area contributed by atoms with Gasteiger partial charge in [0.05, 0.1) is 16.9 Å². The second-order valence-corrected chi connectivity index (χ2v) is 5.68. The molecule has 0 unspecified atom stereocenters. The minimum Gasteiger partial charge on any atom is -0.258 e. The van der Waals surface area contributed by atoms with Crippen LogP contribution < -0.4 is 0 Å². The van der Waals surface area contributed by atoms with Crippen LogP contribution in [0.2, 0.25) is 10.0 Å². The van der Waals surface area contributed by atoms with Crippen LogP contribution >= 0.6 is 23.2 Å². The molecule has 4 nitrogen and oxygen atoms in total. The zero-order chi connectivity index (χ0) is 15.1. The third-order valence-corrected chi connectivity index (χ3v) is 4.14. The first kappa shape index (κ1) is 13.9. The van der Waals surface area contributed by atoms with Crippen molar-refractivity contribution in [3.05, 3.63) is 61.6 Å². The summed E-state index contributed by atoms with van der Waals surface area (Å²) in [7, 11) is 0. The number of hydrogen-bond donors (Lipinski definition) is 0. The predicted molar refractivity (Wildman–Crippen MR) is 80.6 cm³/mol. The van der Waals surface area contributed by atoms with E-state index >= 15 is 0 Å². The fourth-order valence-corrected chi connectivity index (χ4v) is 3.34. The zero-order valence-corrected chi connectivity index (χ0v) is 12.1. The molecule has 0 aliphatic heterocycles. The van der Waals surface area contributed by atoms with E-state index < -0.39 is 10.8 Å². The largest absolute Gasteiger partial charge is 0.269 e. The molecule has 0 saturated carbocycles. The highest BCUT2D eigenvalue weighted by atomic mass is 35.5. The number of rotatable bonds is 1. The quantitative estimate of drug-likeness (QED) is 0.563. The molecule has 21 heavy (non-hydrogen) atoms. The first-order valence-electron chi connectivity index (χ1n) is 6.17. The minimum absolute atomic E-state index is 0.0158. The molecular formula is C15H8Cl2N2O2. The van der Waals surface area contributed by atoms with E-state index in [4.69, 9.17) is 23.2 Å². The molecule has 0 fully saturated rings. The van der Waals surface area contributed by atoms with E-state index in [9.17, 15) is 15.4 Å². The Morgan fingerprint density at radius 1 is 1.24 bits per heavy atom. The molecule has 0 N–H and O–H groups in total. The first-order chi connectivity index (χ1) is 10.0. The lowest BCUT2D eigenvalue weighted by atomic mass is 9.79. The molecule has 0 heterocycles. The fraction of sp³-hybridized carbons (Fsp3) is 0.133. The van der Waals surface area contributed by atoms with Crippen molar-refractivity contribution >= 4 is 28.9 Å². The standard InChI is InChI=1S/C15H8Cl2N2O2/c16-10-5-13-12-2-1-11(19(20)21)4-8(12)3-9(7-18)15(13)14(17)6-10/h1-2,4-6,9H,3H2/t9-/m1/s1. The maximum Gasteiger partial charge on any atom is 0.269 e. The molecule has 2 aromatic rings. The van der Waals surface area contributed by atoms with Crippen molar-refractivity contribution in [2.24, 2.45) is 0 Å². The topological polar surface area (TPSA) is 66.9 Å². The SMILES string of the molecule is N#C[C@H]1Cc2cc([N+](=O)[O-])ccc2-c2cc(Cl)cc(Cl)c21. The Labute approximate surface area is 130 Å². The first-order valence-corrected chi connectivity index (χ1v) is 6.93. The second kappa shape index (κ2) is 5.03. The van der Waals surface area contributed by atoms with Crippen LogP contribution in [0.5, 0.6) is 0 Å². The summed E-state index contributed by atoms with van der Waals surface area (Å²) < 4.78 is 0. The van der Waals surface area contributed by atoms with Gasteiger partial charge in [0, 0.05) is 22.2 Å². The molecule has 104 valence electrons. The van der Waals surface area contributed by atoms with E-state index in [1.807, 2.05) is 0 Å². The van der Waals surface area contributed by atoms with E-state index in [-0.39, 0.29) is 5.69 Å². The van der Waals surface area contributed by atoms with Gasteiger partial charge in [-0.2, -0.15) is 5.26 Å².